The van der Waals surface area contributed by atoms with E-state index in [0.29, 0.717) is 33.8 Å². The number of amidine groups is 1. The largest absolute Gasteiger partial charge is 0.490 e. The molecule has 10 heteroatoms. The minimum atomic E-state index is -0.468. The summed E-state index contributed by atoms with van der Waals surface area (Å²) in [6, 6.07) is 9.09. The van der Waals surface area contributed by atoms with Crippen LogP contribution in [0.15, 0.2) is 62.7 Å². The van der Waals surface area contributed by atoms with E-state index < -0.39 is 12.0 Å². The molecule has 0 radical (unpaired) electrons. The molecule has 8 nitrogen and oxygen atoms in total. The fourth-order valence-corrected chi connectivity index (χ4v) is 5.74. The predicted octanol–water partition coefficient (Wildman–Crippen LogP) is 6.25. The molecule has 2 aromatic carbocycles. The summed E-state index contributed by atoms with van der Waals surface area (Å²) in [4.78, 5) is 32.3. The first-order chi connectivity index (χ1) is 18.2. The van der Waals surface area contributed by atoms with Crippen LogP contribution in [-0.4, -0.2) is 41.8 Å². The highest BCUT2D eigenvalue weighted by Crippen LogP contribution is 2.45. The van der Waals surface area contributed by atoms with Crippen LogP contribution in [0.4, 0.5) is 5.69 Å². The molecule has 0 aliphatic carbocycles. The minimum absolute atomic E-state index is 0.204. The number of fused-ring (bicyclic) bond motifs is 1. The van der Waals surface area contributed by atoms with Crippen molar-refractivity contribution in [3.05, 3.63) is 74.4 Å². The Balaban J connectivity index is 1.64. The molecule has 2 heterocycles. The van der Waals surface area contributed by atoms with E-state index in [-0.39, 0.29) is 19.1 Å². The summed E-state index contributed by atoms with van der Waals surface area (Å²) in [5.74, 6) is 0.163. The molecule has 1 amide bonds. The van der Waals surface area contributed by atoms with Crippen molar-refractivity contribution in [3.8, 4) is 11.5 Å². The van der Waals surface area contributed by atoms with Crippen molar-refractivity contribution in [1.82, 2.24) is 4.90 Å². The quantitative estimate of drug-likeness (QED) is 0.341. The number of aryl methyl sites for hydroxylation is 2. The molecule has 0 fully saturated rings. The lowest BCUT2D eigenvalue weighted by Gasteiger charge is -2.33. The number of nitrogens with one attached hydrogen (secondary N) is 1. The fourth-order valence-electron chi connectivity index (χ4n) is 4.37. The number of esters is 1. The Morgan fingerprint density at radius 1 is 1.11 bits per heavy atom. The van der Waals surface area contributed by atoms with Gasteiger partial charge in [-0.25, -0.2) is 9.79 Å². The van der Waals surface area contributed by atoms with Gasteiger partial charge in [-0.05, 0) is 84.8 Å². The van der Waals surface area contributed by atoms with E-state index in [1.54, 1.807) is 6.92 Å². The van der Waals surface area contributed by atoms with Crippen LogP contribution in [0.1, 0.15) is 43.5 Å². The lowest BCUT2D eigenvalue weighted by atomic mass is 9.94. The first-order valence-electron chi connectivity index (χ1n) is 12.3. The minimum Gasteiger partial charge on any atom is -0.490 e. The summed E-state index contributed by atoms with van der Waals surface area (Å²) >= 11 is 5.10. The third-order valence-corrected chi connectivity index (χ3v) is 7.42. The number of benzene rings is 2. The molecule has 0 aromatic heterocycles. The summed E-state index contributed by atoms with van der Waals surface area (Å²) in [6.45, 7) is 9.80. The second-order valence-corrected chi connectivity index (χ2v) is 10.4. The van der Waals surface area contributed by atoms with Gasteiger partial charge in [0.15, 0.2) is 23.3 Å². The summed E-state index contributed by atoms with van der Waals surface area (Å²) in [6.07, 6.45) is 1.90. The maximum atomic E-state index is 13.0. The van der Waals surface area contributed by atoms with E-state index >= 15 is 0 Å². The number of anilines is 1. The molecule has 1 atom stereocenters. The number of halogens is 1. The maximum absolute atomic E-state index is 13.0. The van der Waals surface area contributed by atoms with E-state index in [4.69, 9.17) is 14.2 Å². The Kier molecular flexibility index (Phi) is 8.83. The molecule has 2 aliphatic rings. The first kappa shape index (κ1) is 27.8. The van der Waals surface area contributed by atoms with Gasteiger partial charge in [-0.3, -0.25) is 4.79 Å². The van der Waals surface area contributed by atoms with Crippen molar-refractivity contribution in [2.24, 2.45) is 4.99 Å². The number of rotatable bonds is 9. The molecule has 0 unspecified atom stereocenters. The average molecular weight is 601 g/mol. The van der Waals surface area contributed by atoms with E-state index in [2.05, 4.69) is 26.2 Å². The number of hydrogen-bond donors (Lipinski definition) is 1. The van der Waals surface area contributed by atoms with Gasteiger partial charge in [0.2, 0.25) is 0 Å². The molecule has 0 saturated carbocycles. The van der Waals surface area contributed by atoms with Crippen molar-refractivity contribution in [1.29, 1.82) is 0 Å². The van der Waals surface area contributed by atoms with Crippen LogP contribution < -0.4 is 14.8 Å². The second-order valence-electron chi connectivity index (χ2n) is 8.69. The summed E-state index contributed by atoms with van der Waals surface area (Å²) < 4.78 is 17.9. The van der Waals surface area contributed by atoms with Gasteiger partial charge < -0.3 is 24.4 Å². The number of allylic oxidation sites excluding steroid dienone is 1. The standard InChI is InChI=1S/C28H30BrN3O5S/c1-6-35-21-14-19(25-23(27(34)36-7-2)18(5)30-28-32(25)11-12-38-28)13-20(29)26(21)37-15-22(33)31-24-16(3)9-8-10-17(24)4/h8-14,25H,6-7,15H2,1-5H3,(H,31,33)/t25-/m1/s1. The number of carbonyl (C=O) groups is 2. The van der Waals surface area contributed by atoms with Gasteiger partial charge in [0, 0.05) is 11.9 Å². The van der Waals surface area contributed by atoms with Gasteiger partial charge in [0.1, 0.15) is 0 Å². The van der Waals surface area contributed by atoms with Gasteiger partial charge in [-0.15, -0.1) is 0 Å². The SMILES string of the molecule is CCOC(=O)C1=C(C)N=C2SC=CN2[C@@H]1c1cc(Br)c(OCC(=O)Nc2c(C)cccc2C)c(OCC)c1. The number of amides is 1. The Morgan fingerprint density at radius 3 is 2.53 bits per heavy atom. The molecular formula is C28H30BrN3O5S. The van der Waals surface area contributed by atoms with Crippen molar-refractivity contribution < 1.29 is 23.8 Å². The van der Waals surface area contributed by atoms with Crippen molar-refractivity contribution in [3.63, 3.8) is 0 Å². The molecule has 38 heavy (non-hydrogen) atoms. The van der Waals surface area contributed by atoms with Gasteiger partial charge in [0.05, 0.1) is 35.0 Å². The number of carbonyl (C=O) groups excluding carboxylic acids is 2. The molecular weight excluding hydrogens is 570 g/mol. The maximum Gasteiger partial charge on any atom is 0.338 e. The van der Waals surface area contributed by atoms with Gasteiger partial charge >= 0.3 is 5.97 Å². The molecule has 2 aromatic rings. The summed E-state index contributed by atoms with van der Waals surface area (Å²) in [5, 5.41) is 5.64. The Hall–Kier alpha value is -3.24. The van der Waals surface area contributed by atoms with Gasteiger partial charge in [-0.1, -0.05) is 30.0 Å². The molecule has 0 saturated heterocycles. The number of hydrogen-bond acceptors (Lipinski definition) is 8. The number of para-hydroxylation sites is 1. The highest BCUT2D eigenvalue weighted by molar-refractivity contribution is 9.10. The zero-order valence-corrected chi connectivity index (χ0v) is 24.4. The normalized spacial score (nSPS) is 16.2. The molecule has 200 valence electrons. The Morgan fingerprint density at radius 2 is 1.84 bits per heavy atom. The lowest BCUT2D eigenvalue weighted by Crippen LogP contribution is -2.34. The van der Waals surface area contributed by atoms with Crippen LogP contribution in [0.2, 0.25) is 0 Å². The molecule has 0 bridgehead atoms. The van der Waals surface area contributed by atoms with E-state index in [1.165, 1.54) is 11.8 Å². The first-order valence-corrected chi connectivity index (χ1v) is 14.0. The summed E-state index contributed by atoms with van der Waals surface area (Å²) in [5.41, 5.74) is 4.58. The predicted molar refractivity (Wildman–Crippen MR) is 153 cm³/mol. The zero-order valence-electron chi connectivity index (χ0n) is 22.0. The number of nitrogens with zero attached hydrogens (tertiary/aromatic N) is 2. The van der Waals surface area contributed by atoms with Crippen LogP contribution in [0.5, 0.6) is 11.5 Å². The average Bonchev–Trinajstić information content (AvgIpc) is 3.33. The Labute approximate surface area is 235 Å². The second kappa shape index (κ2) is 12.1. The van der Waals surface area contributed by atoms with Crippen LogP contribution in [0.3, 0.4) is 0 Å². The van der Waals surface area contributed by atoms with Crippen LogP contribution >= 0.6 is 27.7 Å². The molecule has 2 aliphatic heterocycles. The van der Waals surface area contributed by atoms with Gasteiger partial charge in [-0.2, -0.15) is 0 Å². The summed E-state index contributed by atoms with van der Waals surface area (Å²) in [7, 11) is 0. The third-order valence-electron chi connectivity index (χ3n) is 6.06. The fraction of sp³-hybridized carbons (Fsp3) is 0.321. The van der Waals surface area contributed by atoms with E-state index in [0.717, 1.165) is 27.5 Å². The van der Waals surface area contributed by atoms with Crippen LogP contribution in [0.25, 0.3) is 0 Å². The highest BCUT2D eigenvalue weighted by Gasteiger charge is 2.38. The lowest BCUT2D eigenvalue weighted by molar-refractivity contribution is -0.139. The van der Waals surface area contributed by atoms with Crippen LogP contribution in [0, 0.1) is 13.8 Å². The molecule has 4 rings (SSSR count). The zero-order chi connectivity index (χ0) is 27.4. The topological polar surface area (TPSA) is 89.5 Å². The van der Waals surface area contributed by atoms with Crippen LogP contribution in [-0.2, 0) is 14.3 Å². The Bertz CT molecular complexity index is 1330. The van der Waals surface area contributed by atoms with E-state index in [9.17, 15) is 9.59 Å². The van der Waals surface area contributed by atoms with Crippen molar-refractivity contribution in [2.45, 2.75) is 40.7 Å². The smallest absolute Gasteiger partial charge is 0.338 e. The van der Waals surface area contributed by atoms with E-state index in [1.807, 2.05) is 74.5 Å². The van der Waals surface area contributed by atoms with Gasteiger partial charge in [0.25, 0.3) is 5.91 Å². The number of aliphatic imine (C=N–C) groups is 1. The highest BCUT2D eigenvalue weighted by atomic mass is 79.9. The van der Waals surface area contributed by atoms with Crippen molar-refractivity contribution in [2.75, 3.05) is 25.1 Å². The third kappa shape index (κ3) is 5.76. The number of thioether (sulfide) groups is 1. The monoisotopic (exact) mass is 599 g/mol. The molecule has 0 spiro atoms. The van der Waals surface area contributed by atoms with Crippen molar-refractivity contribution >= 4 is 50.4 Å². The molecule has 1 N–H and O–H groups in total. The number of ether oxygens (including phenoxy) is 3.